The highest BCUT2D eigenvalue weighted by Crippen LogP contribution is 2.36. The second-order valence-corrected chi connectivity index (χ2v) is 4.58. The molecule has 6 heteroatoms. The van der Waals surface area contributed by atoms with Crippen molar-refractivity contribution >= 4 is 50.2 Å². The Morgan fingerprint density at radius 1 is 1.47 bits per heavy atom. The van der Waals surface area contributed by atoms with Crippen molar-refractivity contribution in [2.75, 3.05) is 7.05 Å². The number of oxazole rings is 1. The van der Waals surface area contributed by atoms with Gasteiger partial charge in [0.25, 0.3) is 0 Å². The number of halogens is 3. The quantitative estimate of drug-likeness (QED) is 0.861. The fourth-order valence-electron chi connectivity index (χ4n) is 1.25. The van der Waals surface area contributed by atoms with Gasteiger partial charge in [-0.2, -0.15) is 0 Å². The highest BCUT2D eigenvalue weighted by molar-refractivity contribution is 9.10. The van der Waals surface area contributed by atoms with E-state index in [0.29, 0.717) is 38.1 Å². The van der Waals surface area contributed by atoms with Crippen LogP contribution in [0.3, 0.4) is 0 Å². The molecule has 1 N–H and O–H groups in total. The summed E-state index contributed by atoms with van der Waals surface area (Å²) in [6.45, 7) is 0.551. The van der Waals surface area contributed by atoms with Gasteiger partial charge in [-0.1, -0.05) is 23.2 Å². The minimum absolute atomic E-state index is 0.490. The van der Waals surface area contributed by atoms with E-state index in [1.807, 2.05) is 7.05 Å². The number of benzene rings is 1. The topological polar surface area (TPSA) is 38.1 Å². The average Bonchev–Trinajstić information content (AvgIpc) is 2.60. The number of fused-ring (bicyclic) bond motifs is 1. The first-order valence-electron chi connectivity index (χ1n) is 4.21. The van der Waals surface area contributed by atoms with Gasteiger partial charge in [0.05, 0.1) is 21.1 Å². The molecule has 0 atom stereocenters. The molecule has 0 amide bonds. The monoisotopic (exact) mass is 308 g/mol. The van der Waals surface area contributed by atoms with Gasteiger partial charge in [-0.15, -0.1) is 0 Å². The van der Waals surface area contributed by atoms with Crippen LogP contribution in [0.15, 0.2) is 15.0 Å². The van der Waals surface area contributed by atoms with Crippen molar-refractivity contribution in [1.82, 2.24) is 10.3 Å². The molecule has 1 aromatic carbocycles. The second-order valence-electron chi connectivity index (χ2n) is 2.97. The van der Waals surface area contributed by atoms with Crippen LogP contribution in [0.4, 0.5) is 0 Å². The van der Waals surface area contributed by atoms with Crippen molar-refractivity contribution in [3.05, 3.63) is 26.5 Å². The lowest BCUT2D eigenvalue weighted by Crippen LogP contribution is -2.04. The zero-order valence-corrected chi connectivity index (χ0v) is 10.9. The summed E-state index contributed by atoms with van der Waals surface area (Å²) in [5.74, 6) is 0.581. The Kier molecular flexibility index (Phi) is 3.21. The normalized spacial score (nSPS) is 11.2. The predicted molar refractivity (Wildman–Crippen MR) is 64.5 cm³/mol. The van der Waals surface area contributed by atoms with Gasteiger partial charge in [-0.3, -0.25) is 0 Å². The first kappa shape index (κ1) is 11.2. The lowest BCUT2D eigenvalue weighted by atomic mass is 10.3. The summed E-state index contributed by atoms with van der Waals surface area (Å²) >= 11 is 15.3. The van der Waals surface area contributed by atoms with Crippen molar-refractivity contribution < 1.29 is 4.42 Å². The van der Waals surface area contributed by atoms with E-state index in [1.165, 1.54) is 0 Å². The molecular weight excluding hydrogens is 303 g/mol. The smallest absolute Gasteiger partial charge is 0.209 e. The van der Waals surface area contributed by atoms with Gasteiger partial charge in [0, 0.05) is 0 Å². The molecule has 0 radical (unpaired) electrons. The molecule has 0 aliphatic heterocycles. The summed E-state index contributed by atoms with van der Waals surface area (Å²) in [5, 5.41) is 3.95. The van der Waals surface area contributed by atoms with Crippen LogP contribution in [0.2, 0.25) is 10.0 Å². The number of hydrogen-bond acceptors (Lipinski definition) is 3. The zero-order chi connectivity index (χ0) is 11.0. The van der Waals surface area contributed by atoms with E-state index in [1.54, 1.807) is 6.07 Å². The Morgan fingerprint density at radius 2 is 2.20 bits per heavy atom. The highest BCUT2D eigenvalue weighted by atomic mass is 79.9. The largest absolute Gasteiger partial charge is 0.438 e. The first-order valence-corrected chi connectivity index (χ1v) is 5.76. The highest BCUT2D eigenvalue weighted by Gasteiger charge is 2.14. The first-order chi connectivity index (χ1) is 7.13. The molecule has 1 heterocycles. The summed E-state index contributed by atoms with van der Waals surface area (Å²) in [7, 11) is 1.82. The molecule has 0 aliphatic carbocycles. The maximum Gasteiger partial charge on any atom is 0.209 e. The maximum absolute atomic E-state index is 6.00. The van der Waals surface area contributed by atoms with Crippen LogP contribution in [0.25, 0.3) is 11.1 Å². The Bertz CT molecular complexity index is 512. The number of nitrogens with zero attached hydrogens (tertiary/aromatic N) is 1. The Labute approximate surface area is 105 Å². The van der Waals surface area contributed by atoms with E-state index >= 15 is 0 Å². The van der Waals surface area contributed by atoms with Gasteiger partial charge in [-0.05, 0) is 29.0 Å². The molecule has 0 bridgehead atoms. The summed E-state index contributed by atoms with van der Waals surface area (Å²) in [6, 6.07) is 1.64. The third-order valence-electron chi connectivity index (χ3n) is 1.89. The molecule has 15 heavy (non-hydrogen) atoms. The molecule has 0 saturated carbocycles. The molecule has 3 nitrogen and oxygen atoms in total. The number of rotatable bonds is 2. The number of nitrogens with one attached hydrogen (secondary N) is 1. The molecule has 0 saturated heterocycles. The van der Waals surface area contributed by atoms with Crippen molar-refractivity contribution in [1.29, 1.82) is 0 Å². The third kappa shape index (κ3) is 1.99. The van der Waals surface area contributed by atoms with Crippen LogP contribution in [0.5, 0.6) is 0 Å². The van der Waals surface area contributed by atoms with Gasteiger partial charge < -0.3 is 9.73 Å². The summed E-state index contributed by atoms with van der Waals surface area (Å²) in [5.41, 5.74) is 1.20. The number of hydrogen-bond donors (Lipinski definition) is 1. The van der Waals surface area contributed by atoms with Gasteiger partial charge >= 0.3 is 0 Å². The molecule has 0 fully saturated rings. The zero-order valence-electron chi connectivity index (χ0n) is 7.77. The SMILES string of the molecule is CNCc1nc2c(Cl)cc(Cl)c(Br)c2o1. The fourth-order valence-corrected chi connectivity index (χ4v) is 2.12. The van der Waals surface area contributed by atoms with Crippen molar-refractivity contribution in [2.45, 2.75) is 6.54 Å². The lowest BCUT2D eigenvalue weighted by molar-refractivity contribution is 0.510. The van der Waals surface area contributed by atoms with Gasteiger partial charge in [-0.25, -0.2) is 4.98 Å². The predicted octanol–water partition coefficient (Wildman–Crippen LogP) is 3.62. The van der Waals surface area contributed by atoms with Crippen LogP contribution in [0.1, 0.15) is 5.89 Å². The molecular formula is C9H7BrCl2N2O. The Balaban J connectivity index is 2.68. The number of aromatic nitrogens is 1. The van der Waals surface area contributed by atoms with Gasteiger partial charge in [0.2, 0.25) is 5.89 Å². The van der Waals surface area contributed by atoms with Crippen molar-refractivity contribution in [2.24, 2.45) is 0 Å². The average molecular weight is 310 g/mol. The molecule has 2 aromatic rings. The van der Waals surface area contributed by atoms with E-state index in [0.717, 1.165) is 0 Å². The van der Waals surface area contributed by atoms with Gasteiger partial charge in [0.15, 0.2) is 5.58 Å². The van der Waals surface area contributed by atoms with E-state index in [-0.39, 0.29) is 0 Å². The second kappa shape index (κ2) is 4.29. The van der Waals surface area contributed by atoms with Crippen LogP contribution in [-0.4, -0.2) is 12.0 Å². The minimum Gasteiger partial charge on any atom is -0.438 e. The summed E-state index contributed by atoms with van der Waals surface area (Å²) < 4.78 is 6.19. The summed E-state index contributed by atoms with van der Waals surface area (Å²) in [6.07, 6.45) is 0. The van der Waals surface area contributed by atoms with Crippen molar-refractivity contribution in [3.63, 3.8) is 0 Å². The van der Waals surface area contributed by atoms with E-state index in [4.69, 9.17) is 27.6 Å². The van der Waals surface area contributed by atoms with E-state index in [9.17, 15) is 0 Å². The molecule has 1 aromatic heterocycles. The van der Waals surface area contributed by atoms with Crippen LogP contribution in [0, 0.1) is 0 Å². The molecule has 0 aliphatic rings. The van der Waals surface area contributed by atoms with Crippen LogP contribution in [-0.2, 0) is 6.54 Å². The van der Waals surface area contributed by atoms with E-state index < -0.39 is 0 Å². The third-order valence-corrected chi connectivity index (χ3v) is 3.49. The van der Waals surface area contributed by atoms with Crippen LogP contribution >= 0.6 is 39.1 Å². The van der Waals surface area contributed by atoms with E-state index in [2.05, 4.69) is 26.2 Å². The van der Waals surface area contributed by atoms with Crippen molar-refractivity contribution in [3.8, 4) is 0 Å². The maximum atomic E-state index is 6.00. The minimum atomic E-state index is 0.490. The van der Waals surface area contributed by atoms with Gasteiger partial charge in [0.1, 0.15) is 5.52 Å². The Morgan fingerprint density at radius 3 is 2.87 bits per heavy atom. The molecule has 2 rings (SSSR count). The fraction of sp³-hybridized carbons (Fsp3) is 0.222. The molecule has 0 unspecified atom stereocenters. The van der Waals surface area contributed by atoms with Crippen LogP contribution < -0.4 is 5.32 Å². The standard InChI is InChI=1S/C9H7BrCl2N2O/c1-13-3-6-14-8-5(12)2-4(11)7(10)9(8)15-6/h2,13H,3H2,1H3. The summed E-state index contributed by atoms with van der Waals surface area (Å²) in [4.78, 5) is 4.25. The molecule has 0 spiro atoms. The lowest BCUT2D eigenvalue weighted by Gasteiger charge is -1.96. The molecule has 80 valence electrons. The Hall–Kier alpha value is -0.290.